The van der Waals surface area contributed by atoms with Crippen molar-refractivity contribution in [3.8, 4) is 0 Å². The summed E-state index contributed by atoms with van der Waals surface area (Å²) in [5, 5.41) is 11.5. The van der Waals surface area contributed by atoms with Gasteiger partial charge in [0.1, 0.15) is 11.2 Å². The van der Waals surface area contributed by atoms with Crippen LogP contribution < -0.4 is 5.46 Å². The van der Waals surface area contributed by atoms with Gasteiger partial charge >= 0.3 is 13.2 Å². The van der Waals surface area contributed by atoms with Crippen molar-refractivity contribution in [3.63, 3.8) is 0 Å². The molecule has 1 aromatic heterocycles. The van der Waals surface area contributed by atoms with E-state index in [2.05, 4.69) is 4.98 Å². The summed E-state index contributed by atoms with van der Waals surface area (Å²) in [6, 6.07) is 3.19. The average molecular weight is 446 g/mol. The third kappa shape index (κ3) is 4.28. The van der Waals surface area contributed by atoms with Crippen molar-refractivity contribution < 1.29 is 28.7 Å². The standard InChI is InChI=1S/C23H35BN2O6/c1-20(2,3)30-19(27)26-16-10-23(28,11-17(26)14-29-13-16)18-9-8-15(12-25-18)24-31-21(4,5)22(6,7)32-24/h8-9,12,16-17,28H,10-11,13-14H2,1-7H3. The highest BCUT2D eigenvalue weighted by molar-refractivity contribution is 6.62. The number of aromatic nitrogens is 1. The number of aliphatic hydroxyl groups is 1. The van der Waals surface area contributed by atoms with Gasteiger partial charge in [-0.1, -0.05) is 6.07 Å². The largest absolute Gasteiger partial charge is 0.496 e. The minimum Gasteiger partial charge on any atom is -0.444 e. The van der Waals surface area contributed by atoms with Gasteiger partial charge in [-0.2, -0.15) is 0 Å². The van der Waals surface area contributed by atoms with Gasteiger partial charge in [0.25, 0.3) is 0 Å². The van der Waals surface area contributed by atoms with Gasteiger partial charge in [0.2, 0.25) is 0 Å². The summed E-state index contributed by atoms with van der Waals surface area (Å²) in [7, 11) is -0.502. The maximum atomic E-state index is 12.8. The van der Waals surface area contributed by atoms with Crippen LogP contribution in [0.15, 0.2) is 18.3 Å². The quantitative estimate of drug-likeness (QED) is 0.698. The fraction of sp³-hybridized carbons (Fsp3) is 0.739. The molecule has 0 aromatic carbocycles. The lowest BCUT2D eigenvalue weighted by atomic mass is 9.77. The van der Waals surface area contributed by atoms with Crippen molar-refractivity contribution >= 4 is 18.7 Å². The first-order chi connectivity index (χ1) is 14.7. The second-order valence-corrected chi connectivity index (χ2v) is 11.2. The lowest BCUT2D eigenvalue weighted by Gasteiger charge is -2.51. The first kappa shape index (κ1) is 23.5. The first-order valence-corrected chi connectivity index (χ1v) is 11.3. The number of nitrogens with zero attached hydrogens (tertiary/aromatic N) is 2. The molecule has 32 heavy (non-hydrogen) atoms. The SMILES string of the molecule is CC(C)(C)OC(=O)N1C2COCC1CC(O)(c1ccc(B3OC(C)(C)C(C)(C)O3)cn1)C2. The van der Waals surface area contributed by atoms with Crippen LogP contribution in [0.1, 0.15) is 67.0 Å². The van der Waals surface area contributed by atoms with E-state index in [1.54, 1.807) is 11.1 Å². The van der Waals surface area contributed by atoms with Gasteiger partial charge in [-0.25, -0.2) is 4.79 Å². The molecule has 0 aliphatic carbocycles. The van der Waals surface area contributed by atoms with Crippen molar-refractivity contribution in [2.75, 3.05) is 13.2 Å². The normalized spacial score (nSPS) is 31.5. The van der Waals surface area contributed by atoms with Gasteiger partial charge in [-0.15, -0.1) is 0 Å². The number of ether oxygens (including phenoxy) is 2. The third-order valence-corrected chi connectivity index (χ3v) is 6.95. The second-order valence-electron chi connectivity index (χ2n) is 11.2. The van der Waals surface area contributed by atoms with Crippen LogP contribution in [0.5, 0.6) is 0 Å². The smallest absolute Gasteiger partial charge is 0.444 e. The Balaban J connectivity index is 1.51. The van der Waals surface area contributed by atoms with E-state index in [1.165, 1.54) is 0 Å². The van der Waals surface area contributed by atoms with Crippen molar-refractivity contribution in [2.24, 2.45) is 0 Å². The fourth-order valence-electron chi connectivity index (χ4n) is 4.60. The summed E-state index contributed by atoms with van der Waals surface area (Å²) in [6.07, 6.45) is 2.03. The number of fused-ring (bicyclic) bond motifs is 2. The maximum absolute atomic E-state index is 12.8. The van der Waals surface area contributed by atoms with Gasteiger partial charge < -0.3 is 23.9 Å². The van der Waals surface area contributed by atoms with Crippen LogP contribution in [0.4, 0.5) is 4.79 Å². The highest BCUT2D eigenvalue weighted by Crippen LogP contribution is 2.41. The molecule has 3 aliphatic heterocycles. The van der Waals surface area contributed by atoms with E-state index in [0.29, 0.717) is 31.7 Å². The Bertz CT molecular complexity index is 836. The molecule has 2 unspecified atom stereocenters. The van der Waals surface area contributed by atoms with Gasteiger partial charge in [0, 0.05) is 24.5 Å². The summed E-state index contributed by atoms with van der Waals surface area (Å²) in [5.41, 5.74) is -1.19. The highest BCUT2D eigenvalue weighted by atomic mass is 16.7. The number of pyridine rings is 1. The van der Waals surface area contributed by atoms with Crippen molar-refractivity contribution in [2.45, 2.75) is 95.8 Å². The first-order valence-electron chi connectivity index (χ1n) is 11.3. The molecule has 2 atom stereocenters. The third-order valence-electron chi connectivity index (χ3n) is 6.95. The fourth-order valence-corrected chi connectivity index (χ4v) is 4.60. The lowest BCUT2D eigenvalue weighted by Crippen LogP contribution is -2.63. The Kier molecular flexibility index (Phi) is 5.64. The summed E-state index contributed by atoms with van der Waals surface area (Å²) in [6.45, 7) is 14.3. The van der Waals surface area contributed by atoms with Crippen molar-refractivity contribution in [3.05, 3.63) is 24.0 Å². The number of rotatable bonds is 2. The highest BCUT2D eigenvalue weighted by Gasteiger charge is 2.53. The Morgan fingerprint density at radius 2 is 1.69 bits per heavy atom. The molecule has 1 aromatic rings. The molecule has 3 saturated heterocycles. The molecule has 8 nitrogen and oxygen atoms in total. The molecule has 176 valence electrons. The van der Waals surface area contributed by atoms with Crippen LogP contribution in [-0.4, -0.2) is 70.3 Å². The summed E-state index contributed by atoms with van der Waals surface area (Å²) in [4.78, 5) is 19.1. The van der Waals surface area contributed by atoms with E-state index in [9.17, 15) is 9.90 Å². The number of carbonyl (C=O) groups excluding carboxylic acids is 1. The molecule has 4 rings (SSSR count). The molecule has 3 fully saturated rings. The lowest BCUT2D eigenvalue weighted by molar-refractivity contribution is -0.142. The van der Waals surface area contributed by atoms with Gasteiger partial charge in [0.05, 0.1) is 42.2 Å². The van der Waals surface area contributed by atoms with Crippen molar-refractivity contribution in [1.82, 2.24) is 9.88 Å². The zero-order valence-corrected chi connectivity index (χ0v) is 20.2. The minimum absolute atomic E-state index is 0.271. The number of carbonyl (C=O) groups is 1. The molecule has 0 radical (unpaired) electrons. The number of amides is 1. The minimum atomic E-state index is -1.15. The predicted molar refractivity (Wildman–Crippen MR) is 120 cm³/mol. The number of morpholine rings is 1. The molecule has 1 amide bonds. The number of piperidine rings is 1. The zero-order chi connectivity index (χ0) is 23.5. The summed E-state index contributed by atoms with van der Waals surface area (Å²) >= 11 is 0. The number of hydrogen-bond acceptors (Lipinski definition) is 7. The Hall–Kier alpha value is -1.68. The van der Waals surface area contributed by atoms with Gasteiger partial charge in [0.15, 0.2) is 0 Å². The molecule has 0 spiro atoms. The van der Waals surface area contributed by atoms with Crippen LogP contribution >= 0.6 is 0 Å². The van der Waals surface area contributed by atoms with Gasteiger partial charge in [-0.05, 0) is 54.5 Å². The second kappa shape index (κ2) is 7.69. The Morgan fingerprint density at radius 1 is 1.12 bits per heavy atom. The molecule has 4 heterocycles. The van der Waals surface area contributed by atoms with E-state index in [1.807, 2.05) is 60.6 Å². The predicted octanol–water partition coefficient (Wildman–Crippen LogP) is 2.37. The Morgan fingerprint density at radius 3 is 2.16 bits per heavy atom. The summed E-state index contributed by atoms with van der Waals surface area (Å²) in [5.74, 6) is 0. The van der Waals surface area contributed by atoms with Crippen LogP contribution in [-0.2, 0) is 24.4 Å². The molecular formula is C23H35BN2O6. The van der Waals surface area contributed by atoms with Crippen LogP contribution in [0.25, 0.3) is 0 Å². The molecular weight excluding hydrogens is 411 g/mol. The van der Waals surface area contributed by atoms with E-state index in [0.717, 1.165) is 5.46 Å². The Labute approximate surface area is 190 Å². The van der Waals surface area contributed by atoms with E-state index >= 15 is 0 Å². The van der Waals surface area contributed by atoms with E-state index in [-0.39, 0.29) is 18.2 Å². The van der Waals surface area contributed by atoms with E-state index in [4.69, 9.17) is 18.8 Å². The van der Waals surface area contributed by atoms with Crippen LogP contribution in [0, 0.1) is 0 Å². The topological polar surface area (TPSA) is 90.4 Å². The zero-order valence-electron chi connectivity index (χ0n) is 20.2. The average Bonchev–Trinajstić information content (AvgIpc) is 2.87. The number of hydrogen-bond donors (Lipinski definition) is 1. The molecule has 0 saturated carbocycles. The van der Waals surface area contributed by atoms with Crippen molar-refractivity contribution in [1.29, 1.82) is 0 Å². The molecule has 2 bridgehead atoms. The molecule has 9 heteroatoms. The van der Waals surface area contributed by atoms with Crippen LogP contribution in [0.3, 0.4) is 0 Å². The molecule has 3 aliphatic rings. The van der Waals surface area contributed by atoms with Gasteiger partial charge in [-0.3, -0.25) is 9.88 Å². The summed E-state index contributed by atoms with van der Waals surface area (Å²) < 4.78 is 23.5. The van der Waals surface area contributed by atoms with E-state index < -0.39 is 29.5 Å². The maximum Gasteiger partial charge on any atom is 0.496 e. The monoisotopic (exact) mass is 446 g/mol. The molecule has 1 N–H and O–H groups in total. The van der Waals surface area contributed by atoms with Crippen LogP contribution in [0.2, 0.25) is 0 Å².